The summed E-state index contributed by atoms with van der Waals surface area (Å²) in [5, 5.41) is 3.07. The number of hydrogen-bond acceptors (Lipinski definition) is 8. The molecule has 4 aromatic rings. The number of carbonyl (C=O) groups excluding carboxylic acids is 1. The summed E-state index contributed by atoms with van der Waals surface area (Å²) in [6.45, 7) is 3.04. The maximum atomic E-state index is 12.9. The Morgan fingerprint density at radius 3 is 2.56 bits per heavy atom. The smallest absolute Gasteiger partial charge is 0.262 e. The van der Waals surface area contributed by atoms with Crippen molar-refractivity contribution >= 4 is 22.6 Å². The molecule has 2 heterocycles. The number of benzene rings is 3. The first kappa shape index (κ1) is 23.1. The maximum absolute atomic E-state index is 12.9. The fourth-order valence-electron chi connectivity index (χ4n) is 3.65. The highest BCUT2D eigenvalue weighted by molar-refractivity contribution is 5.92. The first-order valence-corrected chi connectivity index (χ1v) is 11.4. The van der Waals surface area contributed by atoms with Gasteiger partial charge in [0.25, 0.3) is 5.91 Å². The number of rotatable bonds is 8. The van der Waals surface area contributed by atoms with E-state index in [0.29, 0.717) is 65.2 Å². The second-order valence-electron chi connectivity index (χ2n) is 7.76. The summed E-state index contributed by atoms with van der Waals surface area (Å²) in [5.41, 5.74) is 0.524. The number of amides is 1. The molecule has 5 rings (SSSR count). The monoisotopic (exact) mass is 489 g/mol. The first-order chi connectivity index (χ1) is 17.6. The third-order valence-electron chi connectivity index (χ3n) is 5.28. The van der Waals surface area contributed by atoms with Crippen LogP contribution in [0.25, 0.3) is 11.0 Å². The molecule has 0 atom stereocenters. The van der Waals surface area contributed by atoms with E-state index in [2.05, 4.69) is 5.32 Å². The van der Waals surface area contributed by atoms with Gasteiger partial charge in [-0.25, -0.2) is 0 Å². The summed E-state index contributed by atoms with van der Waals surface area (Å²) in [4.78, 5) is 25.3. The van der Waals surface area contributed by atoms with Gasteiger partial charge < -0.3 is 33.4 Å². The van der Waals surface area contributed by atoms with Crippen LogP contribution >= 0.6 is 0 Å². The third-order valence-corrected chi connectivity index (χ3v) is 5.28. The van der Waals surface area contributed by atoms with E-state index in [1.54, 1.807) is 54.6 Å². The SMILES string of the molecule is CCOc1ccccc1Oc1coc2cc(OCC(=O)Nc3ccc4c(c3)OCCO4)ccc2c1=O. The van der Waals surface area contributed by atoms with Crippen LogP contribution in [0, 0.1) is 0 Å². The largest absolute Gasteiger partial charge is 0.490 e. The zero-order valence-electron chi connectivity index (χ0n) is 19.4. The molecule has 0 saturated carbocycles. The van der Waals surface area contributed by atoms with Crippen molar-refractivity contribution in [2.45, 2.75) is 6.92 Å². The molecule has 0 bridgehead atoms. The Labute approximate surface area is 206 Å². The molecule has 0 radical (unpaired) electrons. The summed E-state index contributed by atoms with van der Waals surface area (Å²) < 4.78 is 33.5. The van der Waals surface area contributed by atoms with Crippen LogP contribution in [0.3, 0.4) is 0 Å². The lowest BCUT2D eigenvalue weighted by molar-refractivity contribution is -0.118. The Balaban J connectivity index is 1.25. The van der Waals surface area contributed by atoms with Gasteiger partial charge in [0.15, 0.2) is 29.6 Å². The van der Waals surface area contributed by atoms with Crippen LogP contribution in [0.2, 0.25) is 0 Å². The molecule has 0 aliphatic carbocycles. The van der Waals surface area contributed by atoms with Gasteiger partial charge in [-0.15, -0.1) is 0 Å². The van der Waals surface area contributed by atoms with Crippen LogP contribution < -0.4 is 34.4 Å². The van der Waals surface area contributed by atoms with E-state index >= 15 is 0 Å². The van der Waals surface area contributed by atoms with Crippen LogP contribution in [0.15, 0.2) is 76.1 Å². The lowest BCUT2D eigenvalue weighted by Gasteiger charge is -2.19. The highest BCUT2D eigenvalue weighted by atomic mass is 16.6. The number of ether oxygens (including phenoxy) is 5. The van der Waals surface area contributed by atoms with Gasteiger partial charge in [0.05, 0.1) is 12.0 Å². The quantitative estimate of drug-likeness (QED) is 0.377. The highest BCUT2D eigenvalue weighted by Gasteiger charge is 2.15. The number of anilines is 1. The normalized spacial score (nSPS) is 12.1. The van der Waals surface area contributed by atoms with E-state index in [1.807, 2.05) is 13.0 Å². The average molecular weight is 489 g/mol. The Bertz CT molecular complexity index is 1460. The summed E-state index contributed by atoms with van der Waals surface area (Å²) in [6, 6.07) is 16.9. The van der Waals surface area contributed by atoms with Crippen LogP contribution in [0.4, 0.5) is 5.69 Å². The van der Waals surface area contributed by atoms with Crippen molar-refractivity contribution in [3.05, 3.63) is 77.2 Å². The molecule has 9 heteroatoms. The lowest BCUT2D eigenvalue weighted by atomic mass is 10.2. The summed E-state index contributed by atoms with van der Waals surface area (Å²) in [6.07, 6.45) is 1.24. The molecule has 36 heavy (non-hydrogen) atoms. The molecule has 3 aromatic carbocycles. The number of nitrogens with one attached hydrogen (secondary N) is 1. The first-order valence-electron chi connectivity index (χ1n) is 11.4. The van der Waals surface area contributed by atoms with Gasteiger partial charge in [-0.3, -0.25) is 9.59 Å². The van der Waals surface area contributed by atoms with Gasteiger partial charge in [0.1, 0.15) is 30.8 Å². The number of carbonyl (C=O) groups is 1. The zero-order chi connectivity index (χ0) is 24.9. The maximum Gasteiger partial charge on any atom is 0.262 e. The molecular formula is C27H23NO8. The number of hydrogen-bond donors (Lipinski definition) is 1. The molecule has 1 amide bonds. The van der Waals surface area contributed by atoms with E-state index in [0.717, 1.165) is 0 Å². The van der Waals surface area contributed by atoms with E-state index in [1.165, 1.54) is 6.26 Å². The molecule has 0 spiro atoms. The van der Waals surface area contributed by atoms with Gasteiger partial charge in [-0.1, -0.05) is 12.1 Å². The van der Waals surface area contributed by atoms with Crippen LogP contribution in [-0.4, -0.2) is 32.3 Å². The van der Waals surface area contributed by atoms with Gasteiger partial charge in [-0.05, 0) is 43.3 Å². The molecule has 0 saturated heterocycles. The summed E-state index contributed by atoms with van der Waals surface area (Å²) in [7, 11) is 0. The predicted molar refractivity (Wildman–Crippen MR) is 132 cm³/mol. The van der Waals surface area contributed by atoms with E-state index < -0.39 is 0 Å². The van der Waals surface area contributed by atoms with E-state index in [9.17, 15) is 9.59 Å². The summed E-state index contributed by atoms with van der Waals surface area (Å²) >= 11 is 0. The van der Waals surface area contributed by atoms with Gasteiger partial charge in [-0.2, -0.15) is 0 Å². The van der Waals surface area contributed by atoms with Gasteiger partial charge in [0.2, 0.25) is 11.2 Å². The van der Waals surface area contributed by atoms with Crippen molar-refractivity contribution in [1.82, 2.24) is 0 Å². The van der Waals surface area contributed by atoms with Crippen molar-refractivity contribution in [1.29, 1.82) is 0 Å². The molecule has 0 fully saturated rings. The minimum Gasteiger partial charge on any atom is -0.490 e. The molecule has 9 nitrogen and oxygen atoms in total. The molecular weight excluding hydrogens is 466 g/mol. The fourth-order valence-corrected chi connectivity index (χ4v) is 3.65. The Kier molecular flexibility index (Phi) is 6.61. The van der Waals surface area contributed by atoms with Crippen LogP contribution in [0.1, 0.15) is 6.92 Å². The molecule has 1 aliphatic rings. The van der Waals surface area contributed by atoms with Gasteiger partial charge >= 0.3 is 0 Å². The third kappa shape index (κ3) is 5.05. The summed E-state index contributed by atoms with van der Waals surface area (Å²) in [5.74, 6) is 2.20. The fraction of sp³-hybridized carbons (Fsp3) is 0.185. The van der Waals surface area contributed by atoms with Crippen molar-refractivity contribution in [2.75, 3.05) is 31.7 Å². The molecule has 184 valence electrons. The average Bonchev–Trinajstić information content (AvgIpc) is 2.90. The Morgan fingerprint density at radius 2 is 1.72 bits per heavy atom. The number of para-hydroxylation sites is 2. The number of fused-ring (bicyclic) bond motifs is 2. The standard InChI is InChI=1S/C27H23NO8/c1-2-31-20-5-3-4-6-22(20)36-25-15-35-23-14-18(8-9-19(23)27(25)30)34-16-26(29)28-17-7-10-21-24(13-17)33-12-11-32-21/h3-10,13-15H,2,11-12,16H2,1H3,(H,28,29). The topological polar surface area (TPSA) is 105 Å². The highest BCUT2D eigenvalue weighted by Crippen LogP contribution is 2.33. The van der Waals surface area contributed by atoms with Crippen LogP contribution in [-0.2, 0) is 4.79 Å². The van der Waals surface area contributed by atoms with E-state index in [4.69, 9.17) is 28.1 Å². The van der Waals surface area contributed by atoms with Gasteiger partial charge in [0, 0.05) is 17.8 Å². The second-order valence-corrected chi connectivity index (χ2v) is 7.76. The molecule has 0 unspecified atom stereocenters. The van der Waals surface area contributed by atoms with Crippen LogP contribution in [0.5, 0.6) is 34.5 Å². The Hall–Kier alpha value is -4.66. The van der Waals surface area contributed by atoms with Crippen molar-refractivity contribution in [2.24, 2.45) is 0 Å². The molecule has 1 aliphatic heterocycles. The van der Waals surface area contributed by atoms with Crippen molar-refractivity contribution in [3.8, 4) is 34.5 Å². The molecule has 1 N–H and O–H groups in total. The molecule has 1 aromatic heterocycles. The van der Waals surface area contributed by atoms with Crippen molar-refractivity contribution < 1.29 is 32.9 Å². The minimum atomic E-state index is -0.357. The van der Waals surface area contributed by atoms with Crippen molar-refractivity contribution in [3.63, 3.8) is 0 Å². The minimum absolute atomic E-state index is 0.0297. The second kappa shape index (κ2) is 10.3. The Morgan fingerprint density at radius 1 is 0.917 bits per heavy atom. The van der Waals surface area contributed by atoms with E-state index in [-0.39, 0.29) is 23.7 Å². The predicted octanol–water partition coefficient (Wildman–Crippen LogP) is 4.77. The zero-order valence-corrected chi connectivity index (χ0v) is 19.4. The lowest BCUT2D eigenvalue weighted by Crippen LogP contribution is -2.20.